The van der Waals surface area contributed by atoms with Crippen molar-refractivity contribution in [1.82, 2.24) is 0 Å². The third-order valence-corrected chi connectivity index (χ3v) is 3.70. The molecule has 2 fully saturated rings. The maximum atomic E-state index is 6.23. The zero-order valence-corrected chi connectivity index (χ0v) is 6.98. The van der Waals surface area contributed by atoms with Gasteiger partial charge in [-0.15, -0.1) is 0 Å². The first kappa shape index (κ1) is 6.66. The molecular formula is C9H17N. The van der Waals surface area contributed by atoms with E-state index in [-0.39, 0.29) is 5.54 Å². The molecule has 0 aromatic heterocycles. The van der Waals surface area contributed by atoms with Crippen molar-refractivity contribution in [3.05, 3.63) is 0 Å². The molecule has 1 atom stereocenters. The molecule has 0 aromatic carbocycles. The first-order valence-electron chi connectivity index (χ1n) is 4.35. The molecule has 10 heavy (non-hydrogen) atoms. The van der Waals surface area contributed by atoms with E-state index in [1.165, 1.54) is 25.7 Å². The molecule has 2 N–H and O–H groups in total. The van der Waals surface area contributed by atoms with Crippen LogP contribution in [0, 0.1) is 11.3 Å². The summed E-state index contributed by atoms with van der Waals surface area (Å²) < 4.78 is 0. The zero-order valence-electron chi connectivity index (χ0n) is 6.98. The lowest BCUT2D eigenvalue weighted by atomic mass is 9.75. The normalized spacial score (nSPS) is 44.7. The van der Waals surface area contributed by atoms with Crippen LogP contribution in [0.15, 0.2) is 0 Å². The zero-order chi connectivity index (χ0) is 7.41. The molecule has 0 saturated heterocycles. The minimum absolute atomic E-state index is 0.241. The largest absolute Gasteiger partial charge is 0.324 e. The third kappa shape index (κ3) is 0.619. The highest BCUT2D eigenvalue weighted by atomic mass is 14.9. The van der Waals surface area contributed by atoms with Gasteiger partial charge in [-0.3, -0.25) is 0 Å². The average molecular weight is 139 g/mol. The minimum atomic E-state index is 0.241. The highest BCUT2D eigenvalue weighted by molar-refractivity contribution is 5.19. The Bertz CT molecular complexity index is 158. The molecule has 2 aliphatic carbocycles. The van der Waals surface area contributed by atoms with Gasteiger partial charge in [-0.2, -0.15) is 0 Å². The molecule has 0 aromatic rings. The summed E-state index contributed by atoms with van der Waals surface area (Å²) in [5, 5.41) is 0. The number of nitrogens with two attached hydrogens (primary N) is 1. The summed E-state index contributed by atoms with van der Waals surface area (Å²) in [5.74, 6) is 0.863. The minimum Gasteiger partial charge on any atom is -0.324 e. The van der Waals surface area contributed by atoms with Gasteiger partial charge in [-0.05, 0) is 30.6 Å². The molecule has 2 aliphatic rings. The molecular weight excluding hydrogens is 122 g/mol. The first-order chi connectivity index (χ1) is 4.56. The third-order valence-electron chi connectivity index (χ3n) is 3.70. The van der Waals surface area contributed by atoms with Crippen molar-refractivity contribution in [2.45, 2.75) is 45.1 Å². The van der Waals surface area contributed by atoms with E-state index in [1.807, 2.05) is 0 Å². The predicted octanol–water partition coefficient (Wildman–Crippen LogP) is 1.91. The van der Waals surface area contributed by atoms with Gasteiger partial charge in [0.1, 0.15) is 0 Å². The van der Waals surface area contributed by atoms with Crippen molar-refractivity contribution in [1.29, 1.82) is 0 Å². The van der Waals surface area contributed by atoms with Crippen molar-refractivity contribution in [3.8, 4) is 0 Å². The van der Waals surface area contributed by atoms with Gasteiger partial charge in [-0.1, -0.05) is 20.3 Å². The van der Waals surface area contributed by atoms with Crippen molar-refractivity contribution in [3.63, 3.8) is 0 Å². The fourth-order valence-electron chi connectivity index (χ4n) is 2.31. The van der Waals surface area contributed by atoms with Gasteiger partial charge in [-0.25, -0.2) is 0 Å². The van der Waals surface area contributed by atoms with Crippen molar-refractivity contribution < 1.29 is 0 Å². The van der Waals surface area contributed by atoms with Crippen LogP contribution >= 0.6 is 0 Å². The monoisotopic (exact) mass is 139 g/mol. The predicted molar refractivity (Wildman–Crippen MR) is 42.7 cm³/mol. The summed E-state index contributed by atoms with van der Waals surface area (Å²) in [6, 6.07) is 0. The van der Waals surface area contributed by atoms with Gasteiger partial charge >= 0.3 is 0 Å². The van der Waals surface area contributed by atoms with Crippen molar-refractivity contribution in [2.24, 2.45) is 17.1 Å². The Morgan fingerprint density at radius 2 is 1.80 bits per heavy atom. The Morgan fingerprint density at radius 3 is 1.90 bits per heavy atom. The standard InChI is InChI=1S/C9H17N/c1-8(2)6-9(8,10)7-4-3-5-7/h7H,3-6,10H2,1-2H3. The molecule has 0 radical (unpaired) electrons. The Morgan fingerprint density at radius 1 is 1.30 bits per heavy atom. The van der Waals surface area contributed by atoms with Crippen LogP contribution in [0.2, 0.25) is 0 Å². The molecule has 2 rings (SSSR count). The van der Waals surface area contributed by atoms with Gasteiger partial charge in [0.25, 0.3) is 0 Å². The fourth-order valence-corrected chi connectivity index (χ4v) is 2.31. The topological polar surface area (TPSA) is 26.0 Å². The van der Waals surface area contributed by atoms with E-state index in [1.54, 1.807) is 0 Å². The van der Waals surface area contributed by atoms with E-state index < -0.39 is 0 Å². The summed E-state index contributed by atoms with van der Waals surface area (Å²) in [5.41, 5.74) is 6.93. The van der Waals surface area contributed by atoms with E-state index >= 15 is 0 Å². The Hall–Kier alpha value is -0.0400. The smallest absolute Gasteiger partial charge is 0.0241 e. The number of rotatable bonds is 1. The van der Waals surface area contributed by atoms with E-state index in [9.17, 15) is 0 Å². The van der Waals surface area contributed by atoms with Crippen molar-refractivity contribution in [2.75, 3.05) is 0 Å². The lowest BCUT2D eigenvalue weighted by molar-refractivity contribution is 0.216. The number of hydrogen-bond acceptors (Lipinski definition) is 1. The molecule has 1 nitrogen and oxygen atoms in total. The lowest BCUT2D eigenvalue weighted by Crippen LogP contribution is -2.40. The van der Waals surface area contributed by atoms with Crippen LogP contribution in [0.25, 0.3) is 0 Å². The van der Waals surface area contributed by atoms with Crippen molar-refractivity contribution >= 4 is 0 Å². The molecule has 2 saturated carbocycles. The Labute approximate surface area is 63.0 Å². The summed E-state index contributed by atoms with van der Waals surface area (Å²) >= 11 is 0. The van der Waals surface area contributed by atoms with Gasteiger partial charge in [0.2, 0.25) is 0 Å². The fraction of sp³-hybridized carbons (Fsp3) is 1.00. The van der Waals surface area contributed by atoms with Crippen LogP contribution in [-0.4, -0.2) is 5.54 Å². The molecule has 0 amide bonds. The second kappa shape index (κ2) is 1.58. The first-order valence-corrected chi connectivity index (χ1v) is 4.35. The van der Waals surface area contributed by atoms with Crippen LogP contribution in [0.1, 0.15) is 39.5 Å². The van der Waals surface area contributed by atoms with Gasteiger partial charge in [0, 0.05) is 5.54 Å². The summed E-state index contributed by atoms with van der Waals surface area (Å²) in [6.45, 7) is 4.59. The molecule has 1 unspecified atom stereocenters. The quantitative estimate of drug-likeness (QED) is 0.590. The highest BCUT2D eigenvalue weighted by Crippen LogP contribution is 2.61. The summed E-state index contributed by atoms with van der Waals surface area (Å²) in [4.78, 5) is 0. The van der Waals surface area contributed by atoms with Gasteiger partial charge in [0.15, 0.2) is 0 Å². The van der Waals surface area contributed by atoms with Crippen LogP contribution in [-0.2, 0) is 0 Å². The van der Waals surface area contributed by atoms with E-state index in [0.29, 0.717) is 5.41 Å². The second-order valence-electron chi connectivity index (χ2n) is 4.73. The van der Waals surface area contributed by atoms with Gasteiger partial charge in [0.05, 0.1) is 0 Å². The average Bonchev–Trinajstić information content (AvgIpc) is 1.98. The Kier molecular flexibility index (Phi) is 1.05. The van der Waals surface area contributed by atoms with E-state index in [4.69, 9.17) is 5.73 Å². The highest BCUT2D eigenvalue weighted by Gasteiger charge is 2.63. The second-order valence-corrected chi connectivity index (χ2v) is 4.73. The lowest BCUT2D eigenvalue weighted by Gasteiger charge is -2.34. The maximum Gasteiger partial charge on any atom is 0.0241 e. The summed E-state index contributed by atoms with van der Waals surface area (Å²) in [7, 11) is 0. The molecule has 0 aliphatic heterocycles. The number of hydrogen-bond donors (Lipinski definition) is 1. The maximum absolute atomic E-state index is 6.23. The van der Waals surface area contributed by atoms with E-state index in [0.717, 1.165) is 5.92 Å². The van der Waals surface area contributed by atoms with Gasteiger partial charge < -0.3 is 5.73 Å². The molecule has 0 bridgehead atoms. The molecule has 58 valence electrons. The Balaban J connectivity index is 2.05. The molecule has 0 heterocycles. The van der Waals surface area contributed by atoms with Crippen LogP contribution in [0.4, 0.5) is 0 Å². The van der Waals surface area contributed by atoms with Crippen LogP contribution < -0.4 is 5.73 Å². The summed E-state index contributed by atoms with van der Waals surface area (Å²) in [6.07, 6.45) is 5.45. The van der Waals surface area contributed by atoms with Crippen LogP contribution in [0.3, 0.4) is 0 Å². The van der Waals surface area contributed by atoms with E-state index in [2.05, 4.69) is 13.8 Å². The SMILES string of the molecule is CC1(C)CC1(N)C1CCC1. The van der Waals surface area contributed by atoms with Crippen LogP contribution in [0.5, 0.6) is 0 Å². The molecule has 0 spiro atoms. The molecule has 1 heteroatoms.